The quantitative estimate of drug-likeness (QED) is 0.792. The van der Waals surface area contributed by atoms with Crippen LogP contribution in [0.2, 0.25) is 0 Å². The van der Waals surface area contributed by atoms with Gasteiger partial charge in [0.15, 0.2) is 5.78 Å². The lowest BCUT2D eigenvalue weighted by Crippen LogP contribution is -1.95. The maximum Gasteiger partial charge on any atom is 0.189 e. The van der Waals surface area contributed by atoms with Crippen LogP contribution in [0.1, 0.15) is 21.5 Å². The molecule has 0 spiro atoms. The highest BCUT2D eigenvalue weighted by Gasteiger charge is 2.24. The Hall–Kier alpha value is -2.42. The number of hydrogen-bond donors (Lipinski definition) is 1. The summed E-state index contributed by atoms with van der Waals surface area (Å²) in [5, 5.41) is 9.41. The van der Waals surface area contributed by atoms with Crippen molar-refractivity contribution in [2.45, 2.75) is 6.42 Å². The van der Waals surface area contributed by atoms with Crippen molar-refractivity contribution < 1.29 is 14.3 Å². The number of phenols is 1. The Bertz CT molecular complexity index is 702. The van der Waals surface area contributed by atoms with Crippen molar-refractivity contribution in [2.24, 2.45) is 0 Å². The summed E-state index contributed by atoms with van der Waals surface area (Å²) in [5.41, 5.74) is 2.71. The van der Waals surface area contributed by atoms with Gasteiger partial charge in [0, 0.05) is 17.6 Å². The normalized spacial score (nSPS) is 15.8. The van der Waals surface area contributed by atoms with Gasteiger partial charge in [-0.25, -0.2) is 4.39 Å². The number of ketones is 1. The molecule has 2 nitrogen and oxygen atoms in total. The summed E-state index contributed by atoms with van der Waals surface area (Å²) in [7, 11) is 0. The molecule has 0 aromatic heterocycles. The molecule has 19 heavy (non-hydrogen) atoms. The van der Waals surface area contributed by atoms with Crippen LogP contribution in [-0.2, 0) is 6.42 Å². The van der Waals surface area contributed by atoms with Crippen molar-refractivity contribution in [3.63, 3.8) is 0 Å². The first-order valence-corrected chi connectivity index (χ1v) is 5.96. The molecule has 3 heteroatoms. The third kappa shape index (κ3) is 2.15. The van der Waals surface area contributed by atoms with Gasteiger partial charge in [-0.1, -0.05) is 18.2 Å². The molecule has 1 aliphatic carbocycles. The number of aromatic hydroxyl groups is 1. The zero-order valence-corrected chi connectivity index (χ0v) is 10.1. The number of fused-ring (bicyclic) bond motifs is 1. The Morgan fingerprint density at radius 1 is 1.16 bits per heavy atom. The Balaban J connectivity index is 2.00. The lowest BCUT2D eigenvalue weighted by atomic mass is 10.1. The minimum Gasteiger partial charge on any atom is -0.508 e. The number of halogens is 1. The SMILES string of the molecule is O=C1/C(=C/c2cccc(F)c2)Cc2ccc(O)cc21. The Morgan fingerprint density at radius 3 is 2.79 bits per heavy atom. The van der Waals surface area contributed by atoms with Crippen LogP contribution in [0.25, 0.3) is 6.08 Å². The third-order valence-electron chi connectivity index (χ3n) is 3.20. The van der Waals surface area contributed by atoms with Gasteiger partial charge in [-0.15, -0.1) is 0 Å². The van der Waals surface area contributed by atoms with E-state index in [9.17, 15) is 14.3 Å². The van der Waals surface area contributed by atoms with Crippen LogP contribution in [0.15, 0.2) is 48.0 Å². The van der Waals surface area contributed by atoms with Gasteiger partial charge in [-0.2, -0.15) is 0 Å². The van der Waals surface area contributed by atoms with Gasteiger partial charge in [0.25, 0.3) is 0 Å². The number of benzene rings is 2. The van der Waals surface area contributed by atoms with E-state index in [-0.39, 0.29) is 17.3 Å². The highest BCUT2D eigenvalue weighted by Crippen LogP contribution is 2.30. The average molecular weight is 254 g/mol. The van der Waals surface area contributed by atoms with Crippen LogP contribution >= 0.6 is 0 Å². The van der Waals surface area contributed by atoms with E-state index in [4.69, 9.17) is 0 Å². The van der Waals surface area contributed by atoms with Crippen LogP contribution in [0.5, 0.6) is 5.75 Å². The van der Waals surface area contributed by atoms with Gasteiger partial charge < -0.3 is 5.11 Å². The molecule has 0 fully saturated rings. The molecular weight excluding hydrogens is 243 g/mol. The first-order valence-electron chi connectivity index (χ1n) is 5.96. The van der Waals surface area contributed by atoms with Gasteiger partial charge in [-0.3, -0.25) is 4.79 Å². The molecule has 1 aliphatic rings. The second-order valence-corrected chi connectivity index (χ2v) is 4.57. The molecule has 0 bridgehead atoms. The molecule has 0 atom stereocenters. The Morgan fingerprint density at radius 2 is 2.00 bits per heavy atom. The molecule has 0 saturated heterocycles. The summed E-state index contributed by atoms with van der Waals surface area (Å²) < 4.78 is 13.1. The smallest absolute Gasteiger partial charge is 0.189 e. The standard InChI is InChI=1S/C16H11FO2/c17-13-3-1-2-10(7-13)6-12-8-11-4-5-14(18)9-15(11)16(12)19/h1-7,9,18H,8H2/b12-6+. The summed E-state index contributed by atoms with van der Waals surface area (Å²) >= 11 is 0. The molecule has 94 valence electrons. The molecule has 0 heterocycles. The van der Waals surface area contributed by atoms with Crippen LogP contribution in [0.3, 0.4) is 0 Å². The van der Waals surface area contributed by atoms with E-state index in [0.29, 0.717) is 23.1 Å². The Labute approximate surface area is 109 Å². The maximum absolute atomic E-state index is 13.1. The second kappa shape index (κ2) is 4.35. The number of carbonyl (C=O) groups is 1. The van der Waals surface area contributed by atoms with Crippen LogP contribution < -0.4 is 0 Å². The van der Waals surface area contributed by atoms with Gasteiger partial charge >= 0.3 is 0 Å². The van der Waals surface area contributed by atoms with Crippen molar-refractivity contribution in [1.29, 1.82) is 0 Å². The Kier molecular flexibility index (Phi) is 2.67. The first-order chi connectivity index (χ1) is 9.13. The molecule has 1 N–H and O–H groups in total. The van der Waals surface area contributed by atoms with Gasteiger partial charge in [0.2, 0.25) is 0 Å². The third-order valence-corrected chi connectivity index (χ3v) is 3.20. The molecule has 0 aliphatic heterocycles. The molecular formula is C16H11FO2. The number of rotatable bonds is 1. The van der Waals surface area contributed by atoms with E-state index in [1.807, 2.05) is 0 Å². The minimum atomic E-state index is -0.324. The molecule has 0 amide bonds. The first kappa shape index (κ1) is 11.7. The fourth-order valence-corrected chi connectivity index (χ4v) is 2.30. The van der Waals surface area contributed by atoms with E-state index in [0.717, 1.165) is 5.56 Å². The topological polar surface area (TPSA) is 37.3 Å². The van der Waals surface area contributed by atoms with Crippen LogP contribution in [0, 0.1) is 5.82 Å². The largest absolute Gasteiger partial charge is 0.508 e. The fraction of sp³-hybridized carbons (Fsp3) is 0.0625. The summed E-state index contributed by atoms with van der Waals surface area (Å²) in [6, 6.07) is 10.9. The summed E-state index contributed by atoms with van der Waals surface area (Å²) in [6.45, 7) is 0. The minimum absolute atomic E-state index is 0.0825. The highest BCUT2D eigenvalue weighted by molar-refractivity contribution is 6.15. The predicted octanol–water partition coefficient (Wildman–Crippen LogP) is 3.35. The van der Waals surface area contributed by atoms with Crippen molar-refractivity contribution in [3.05, 3.63) is 70.5 Å². The van der Waals surface area contributed by atoms with Crippen LogP contribution in [0.4, 0.5) is 4.39 Å². The monoisotopic (exact) mass is 254 g/mol. The molecule has 3 rings (SSSR count). The maximum atomic E-state index is 13.1. The lowest BCUT2D eigenvalue weighted by Gasteiger charge is -1.97. The zero-order chi connectivity index (χ0) is 13.4. The summed E-state index contributed by atoms with van der Waals surface area (Å²) in [4.78, 5) is 12.2. The number of phenolic OH excluding ortho intramolecular Hbond substituents is 1. The van der Waals surface area contributed by atoms with Crippen molar-refractivity contribution >= 4 is 11.9 Å². The molecule has 0 unspecified atom stereocenters. The van der Waals surface area contributed by atoms with E-state index < -0.39 is 0 Å². The van der Waals surface area contributed by atoms with E-state index in [1.54, 1.807) is 30.3 Å². The highest BCUT2D eigenvalue weighted by atomic mass is 19.1. The van der Waals surface area contributed by atoms with E-state index in [2.05, 4.69) is 0 Å². The van der Waals surface area contributed by atoms with Gasteiger partial charge in [-0.05, 0) is 41.5 Å². The van der Waals surface area contributed by atoms with Crippen LogP contribution in [-0.4, -0.2) is 10.9 Å². The van der Waals surface area contributed by atoms with E-state index in [1.165, 1.54) is 18.2 Å². The molecule has 0 saturated carbocycles. The number of Topliss-reactive ketones (excluding diaryl/α,β-unsaturated/α-hetero) is 1. The van der Waals surface area contributed by atoms with Crippen molar-refractivity contribution in [2.75, 3.05) is 0 Å². The van der Waals surface area contributed by atoms with E-state index >= 15 is 0 Å². The molecule has 2 aromatic carbocycles. The fourth-order valence-electron chi connectivity index (χ4n) is 2.30. The van der Waals surface area contributed by atoms with Gasteiger partial charge in [0.1, 0.15) is 11.6 Å². The second-order valence-electron chi connectivity index (χ2n) is 4.57. The molecule has 0 radical (unpaired) electrons. The zero-order valence-electron chi connectivity index (χ0n) is 10.1. The average Bonchev–Trinajstić information content (AvgIpc) is 2.67. The molecule has 2 aromatic rings. The van der Waals surface area contributed by atoms with Crippen molar-refractivity contribution in [3.8, 4) is 5.75 Å². The number of allylic oxidation sites excluding steroid dienone is 1. The summed E-state index contributed by atoms with van der Waals surface area (Å²) in [6.07, 6.45) is 2.22. The number of carbonyl (C=O) groups excluding carboxylic acids is 1. The lowest BCUT2D eigenvalue weighted by molar-refractivity contribution is 0.104. The summed E-state index contributed by atoms with van der Waals surface area (Å²) in [5.74, 6) is -0.343. The van der Waals surface area contributed by atoms with Crippen molar-refractivity contribution in [1.82, 2.24) is 0 Å². The predicted molar refractivity (Wildman–Crippen MR) is 70.5 cm³/mol. The number of hydrogen-bond acceptors (Lipinski definition) is 2. The van der Waals surface area contributed by atoms with Gasteiger partial charge in [0.05, 0.1) is 0 Å².